The zero-order valence-corrected chi connectivity index (χ0v) is 9.25. The van der Waals surface area contributed by atoms with Crippen LogP contribution in [0.2, 0.25) is 0 Å². The maximum atomic E-state index is 11.0. The Balaban J connectivity index is 2.28. The first kappa shape index (κ1) is 11.5. The SMILES string of the molecule is CCNc1ncnc(OC2COC2)c1[N+](=O)[O-]. The lowest BCUT2D eigenvalue weighted by Crippen LogP contribution is -2.39. The zero-order chi connectivity index (χ0) is 12.3. The van der Waals surface area contributed by atoms with Crippen molar-refractivity contribution in [2.45, 2.75) is 13.0 Å². The molecule has 1 aromatic heterocycles. The van der Waals surface area contributed by atoms with Gasteiger partial charge in [0.05, 0.1) is 18.1 Å². The third-order valence-corrected chi connectivity index (χ3v) is 2.20. The molecular formula is C9H12N4O4. The molecule has 1 fully saturated rings. The third kappa shape index (κ3) is 2.41. The van der Waals surface area contributed by atoms with E-state index >= 15 is 0 Å². The molecule has 0 atom stereocenters. The topological polar surface area (TPSA) is 99.4 Å². The van der Waals surface area contributed by atoms with Gasteiger partial charge < -0.3 is 14.8 Å². The van der Waals surface area contributed by atoms with E-state index < -0.39 is 4.92 Å². The van der Waals surface area contributed by atoms with Gasteiger partial charge in [0.1, 0.15) is 12.4 Å². The molecule has 1 N–H and O–H groups in total. The minimum Gasteiger partial charge on any atom is -0.464 e. The average Bonchev–Trinajstić information content (AvgIpc) is 2.23. The highest BCUT2D eigenvalue weighted by atomic mass is 16.6. The van der Waals surface area contributed by atoms with Crippen LogP contribution in [0.5, 0.6) is 5.88 Å². The largest absolute Gasteiger partial charge is 0.464 e. The summed E-state index contributed by atoms with van der Waals surface area (Å²) in [6.07, 6.45) is 1.07. The molecule has 1 aromatic rings. The highest BCUT2D eigenvalue weighted by Crippen LogP contribution is 2.31. The molecule has 0 unspecified atom stereocenters. The van der Waals surface area contributed by atoms with Crippen molar-refractivity contribution in [3.05, 3.63) is 16.4 Å². The van der Waals surface area contributed by atoms with Gasteiger partial charge in [0, 0.05) is 6.54 Å². The second-order valence-electron chi connectivity index (χ2n) is 3.44. The summed E-state index contributed by atoms with van der Waals surface area (Å²) in [5.41, 5.74) is -0.235. The molecule has 8 heteroatoms. The van der Waals surface area contributed by atoms with Gasteiger partial charge in [-0.2, -0.15) is 4.98 Å². The van der Waals surface area contributed by atoms with Crippen molar-refractivity contribution in [2.24, 2.45) is 0 Å². The van der Waals surface area contributed by atoms with Crippen LogP contribution in [0.25, 0.3) is 0 Å². The Labute approximate surface area is 97.1 Å². The average molecular weight is 240 g/mol. The molecular weight excluding hydrogens is 228 g/mol. The van der Waals surface area contributed by atoms with E-state index in [0.717, 1.165) is 0 Å². The van der Waals surface area contributed by atoms with Crippen molar-refractivity contribution in [3.8, 4) is 5.88 Å². The van der Waals surface area contributed by atoms with Gasteiger partial charge in [-0.1, -0.05) is 0 Å². The molecule has 2 rings (SSSR count). The quantitative estimate of drug-likeness (QED) is 0.594. The van der Waals surface area contributed by atoms with Crippen LogP contribution in [0, 0.1) is 10.1 Å². The van der Waals surface area contributed by atoms with Crippen LogP contribution in [0.15, 0.2) is 6.33 Å². The van der Waals surface area contributed by atoms with Gasteiger partial charge in [0.25, 0.3) is 5.88 Å². The molecule has 0 amide bonds. The highest BCUT2D eigenvalue weighted by molar-refractivity contribution is 5.61. The summed E-state index contributed by atoms with van der Waals surface area (Å²) >= 11 is 0. The molecule has 1 aliphatic heterocycles. The van der Waals surface area contributed by atoms with Crippen molar-refractivity contribution >= 4 is 11.5 Å². The van der Waals surface area contributed by atoms with Crippen LogP contribution < -0.4 is 10.1 Å². The smallest absolute Gasteiger partial charge is 0.372 e. The molecule has 8 nitrogen and oxygen atoms in total. The summed E-state index contributed by atoms with van der Waals surface area (Å²) in [7, 11) is 0. The fourth-order valence-electron chi connectivity index (χ4n) is 1.35. The lowest BCUT2D eigenvalue weighted by molar-refractivity contribution is -0.385. The van der Waals surface area contributed by atoms with Gasteiger partial charge in [-0.05, 0) is 6.92 Å². The van der Waals surface area contributed by atoms with Crippen molar-refractivity contribution in [1.29, 1.82) is 0 Å². The lowest BCUT2D eigenvalue weighted by Gasteiger charge is -2.25. The number of ether oxygens (including phenoxy) is 2. The third-order valence-electron chi connectivity index (χ3n) is 2.20. The van der Waals surface area contributed by atoms with Crippen LogP contribution in [0.1, 0.15) is 6.92 Å². The van der Waals surface area contributed by atoms with E-state index in [2.05, 4.69) is 15.3 Å². The Morgan fingerprint density at radius 3 is 2.94 bits per heavy atom. The maximum absolute atomic E-state index is 11.0. The highest BCUT2D eigenvalue weighted by Gasteiger charge is 2.29. The first-order valence-electron chi connectivity index (χ1n) is 5.20. The van der Waals surface area contributed by atoms with E-state index in [0.29, 0.717) is 19.8 Å². The van der Waals surface area contributed by atoms with E-state index in [1.807, 2.05) is 6.92 Å². The van der Waals surface area contributed by atoms with E-state index in [1.54, 1.807) is 0 Å². The van der Waals surface area contributed by atoms with Crippen molar-refractivity contribution < 1.29 is 14.4 Å². The van der Waals surface area contributed by atoms with E-state index in [9.17, 15) is 10.1 Å². The number of rotatable bonds is 5. The Kier molecular flexibility index (Phi) is 3.33. The number of nitrogens with one attached hydrogen (secondary N) is 1. The second kappa shape index (κ2) is 4.91. The monoisotopic (exact) mass is 240 g/mol. The number of hydrogen-bond acceptors (Lipinski definition) is 7. The van der Waals surface area contributed by atoms with E-state index in [1.165, 1.54) is 6.33 Å². The van der Waals surface area contributed by atoms with Gasteiger partial charge in [-0.15, -0.1) is 0 Å². The Bertz CT molecular complexity index is 421. The first-order chi connectivity index (χ1) is 8.22. The fourth-order valence-corrected chi connectivity index (χ4v) is 1.35. The number of aromatic nitrogens is 2. The lowest BCUT2D eigenvalue weighted by atomic mass is 10.3. The summed E-state index contributed by atoms with van der Waals surface area (Å²) in [6, 6.07) is 0. The maximum Gasteiger partial charge on any atom is 0.372 e. The van der Waals surface area contributed by atoms with Crippen LogP contribution in [0.4, 0.5) is 11.5 Å². The molecule has 92 valence electrons. The molecule has 2 heterocycles. The minimum atomic E-state index is -0.549. The number of hydrogen-bond donors (Lipinski definition) is 1. The first-order valence-corrected chi connectivity index (χ1v) is 5.20. The number of nitrogens with zero attached hydrogens (tertiary/aromatic N) is 3. The summed E-state index contributed by atoms with van der Waals surface area (Å²) in [5.74, 6) is 0.150. The predicted molar refractivity (Wildman–Crippen MR) is 58.1 cm³/mol. The molecule has 1 aliphatic rings. The second-order valence-corrected chi connectivity index (χ2v) is 3.44. The predicted octanol–water partition coefficient (Wildman–Crippen LogP) is 0.594. The Morgan fingerprint density at radius 2 is 2.41 bits per heavy atom. The van der Waals surface area contributed by atoms with E-state index in [-0.39, 0.29) is 23.5 Å². The fraction of sp³-hybridized carbons (Fsp3) is 0.556. The summed E-state index contributed by atoms with van der Waals surface area (Å²) < 4.78 is 10.3. The number of anilines is 1. The Hall–Kier alpha value is -1.96. The molecule has 0 aliphatic carbocycles. The molecule has 1 saturated heterocycles. The van der Waals surface area contributed by atoms with Crippen LogP contribution in [0.3, 0.4) is 0 Å². The minimum absolute atomic E-state index is 0.0192. The van der Waals surface area contributed by atoms with Crippen molar-refractivity contribution in [3.63, 3.8) is 0 Å². The summed E-state index contributed by atoms with van der Waals surface area (Å²) in [6.45, 7) is 3.21. The van der Waals surface area contributed by atoms with Crippen LogP contribution >= 0.6 is 0 Å². The molecule has 0 radical (unpaired) electrons. The zero-order valence-electron chi connectivity index (χ0n) is 9.25. The summed E-state index contributed by atoms with van der Waals surface area (Å²) in [4.78, 5) is 18.1. The van der Waals surface area contributed by atoms with E-state index in [4.69, 9.17) is 9.47 Å². The molecule has 0 saturated carbocycles. The van der Waals surface area contributed by atoms with Gasteiger partial charge in [0.2, 0.25) is 5.82 Å². The number of nitro groups is 1. The van der Waals surface area contributed by atoms with Crippen molar-refractivity contribution in [1.82, 2.24) is 9.97 Å². The molecule has 17 heavy (non-hydrogen) atoms. The molecule has 0 bridgehead atoms. The molecule has 0 aromatic carbocycles. The van der Waals surface area contributed by atoms with Gasteiger partial charge in [0.15, 0.2) is 0 Å². The Morgan fingerprint density at radius 1 is 1.65 bits per heavy atom. The standard InChI is InChI=1S/C9H12N4O4/c1-2-10-8-7(13(14)15)9(12-5-11-8)17-6-3-16-4-6/h5-6H,2-4H2,1H3,(H,10,11,12). The van der Waals surface area contributed by atoms with Gasteiger partial charge >= 0.3 is 5.69 Å². The van der Waals surface area contributed by atoms with Gasteiger partial charge in [-0.25, -0.2) is 4.98 Å². The van der Waals surface area contributed by atoms with Gasteiger partial charge in [-0.3, -0.25) is 10.1 Å². The van der Waals surface area contributed by atoms with Crippen LogP contribution in [-0.4, -0.2) is 40.8 Å². The molecule has 0 spiro atoms. The normalized spacial score (nSPS) is 15.1. The van der Waals surface area contributed by atoms with Crippen molar-refractivity contribution in [2.75, 3.05) is 25.1 Å². The van der Waals surface area contributed by atoms with Crippen LogP contribution in [-0.2, 0) is 4.74 Å². The summed E-state index contributed by atoms with van der Waals surface area (Å²) in [5, 5.41) is 13.8.